The Morgan fingerprint density at radius 2 is 2.30 bits per heavy atom. The Kier molecular flexibility index (Phi) is 4.58. The fraction of sp³-hybridized carbons (Fsp3) is 0.571. The van der Waals surface area contributed by atoms with E-state index in [2.05, 4.69) is 26.3 Å². The molecule has 1 atom stereocenters. The molecule has 1 aliphatic rings. The highest BCUT2D eigenvalue weighted by Crippen LogP contribution is 2.22. The zero-order chi connectivity index (χ0) is 16.4. The third-order valence-corrected chi connectivity index (χ3v) is 4.66. The first kappa shape index (κ1) is 15.9. The Morgan fingerprint density at radius 1 is 1.48 bits per heavy atom. The van der Waals surface area contributed by atoms with E-state index in [0.29, 0.717) is 24.5 Å². The van der Waals surface area contributed by atoms with Gasteiger partial charge in [-0.15, -0.1) is 0 Å². The number of nitrogens with zero attached hydrogens (tertiary/aromatic N) is 6. The average molecular weight is 336 g/mol. The van der Waals surface area contributed by atoms with E-state index >= 15 is 0 Å². The summed E-state index contributed by atoms with van der Waals surface area (Å²) in [6.45, 7) is 4.63. The van der Waals surface area contributed by atoms with E-state index < -0.39 is 0 Å². The second-order valence-electron chi connectivity index (χ2n) is 5.62. The zero-order valence-electron chi connectivity index (χ0n) is 13.5. The van der Waals surface area contributed by atoms with Gasteiger partial charge >= 0.3 is 0 Å². The highest BCUT2D eigenvalue weighted by Gasteiger charge is 2.30. The van der Waals surface area contributed by atoms with Crippen molar-refractivity contribution in [2.45, 2.75) is 19.6 Å². The topological polar surface area (TPSA) is 76.4 Å². The summed E-state index contributed by atoms with van der Waals surface area (Å²) in [5.41, 5.74) is 0.631. The van der Waals surface area contributed by atoms with Gasteiger partial charge in [0, 0.05) is 57.6 Å². The number of methoxy groups -OCH3 is 1. The standard InChI is InChI=1S/C14H20N6O2S/c1-10-7-19(14-16-12(9-22-3)17-23-14)4-5-20(10)13(21)11-6-15-18(2)8-11/h6,8,10H,4-5,7,9H2,1-3H3. The molecular formula is C14H20N6O2S. The summed E-state index contributed by atoms with van der Waals surface area (Å²) in [4.78, 5) is 21.1. The molecule has 3 rings (SSSR count). The number of hydrogen-bond donors (Lipinski definition) is 0. The summed E-state index contributed by atoms with van der Waals surface area (Å²) in [5, 5.41) is 4.96. The van der Waals surface area contributed by atoms with E-state index in [9.17, 15) is 4.79 Å². The fourth-order valence-electron chi connectivity index (χ4n) is 2.69. The molecule has 9 heteroatoms. The minimum Gasteiger partial charge on any atom is -0.377 e. The summed E-state index contributed by atoms with van der Waals surface area (Å²) >= 11 is 1.38. The van der Waals surface area contributed by atoms with Crippen molar-refractivity contribution >= 4 is 22.6 Å². The maximum Gasteiger partial charge on any atom is 0.257 e. The monoisotopic (exact) mass is 336 g/mol. The number of anilines is 1. The van der Waals surface area contributed by atoms with Crippen LogP contribution in [0.25, 0.3) is 0 Å². The van der Waals surface area contributed by atoms with E-state index in [-0.39, 0.29) is 11.9 Å². The Balaban J connectivity index is 1.65. The van der Waals surface area contributed by atoms with Crippen LogP contribution in [-0.2, 0) is 18.4 Å². The van der Waals surface area contributed by atoms with Crippen LogP contribution in [0.15, 0.2) is 12.4 Å². The maximum absolute atomic E-state index is 12.6. The summed E-state index contributed by atoms with van der Waals surface area (Å²) in [6.07, 6.45) is 3.37. The van der Waals surface area contributed by atoms with Crippen molar-refractivity contribution in [3.05, 3.63) is 23.8 Å². The number of piperazine rings is 1. The van der Waals surface area contributed by atoms with Gasteiger partial charge < -0.3 is 14.5 Å². The van der Waals surface area contributed by atoms with E-state index in [4.69, 9.17) is 4.74 Å². The summed E-state index contributed by atoms with van der Waals surface area (Å²) in [5.74, 6) is 0.733. The number of ether oxygens (including phenoxy) is 1. The van der Waals surface area contributed by atoms with Crippen molar-refractivity contribution in [2.24, 2.45) is 7.05 Å². The molecule has 3 heterocycles. The molecule has 2 aromatic heterocycles. The lowest BCUT2D eigenvalue weighted by Crippen LogP contribution is -2.54. The highest BCUT2D eigenvalue weighted by atomic mass is 32.1. The van der Waals surface area contributed by atoms with Gasteiger partial charge in [0.05, 0.1) is 11.8 Å². The van der Waals surface area contributed by atoms with Gasteiger partial charge in [-0.3, -0.25) is 9.48 Å². The predicted octanol–water partition coefficient (Wildman–Crippen LogP) is 0.769. The first-order valence-electron chi connectivity index (χ1n) is 7.44. The highest BCUT2D eigenvalue weighted by molar-refractivity contribution is 7.09. The Labute approximate surface area is 138 Å². The number of carbonyl (C=O) groups excluding carboxylic acids is 1. The average Bonchev–Trinajstić information content (AvgIpc) is 3.16. The molecule has 124 valence electrons. The number of carbonyl (C=O) groups is 1. The van der Waals surface area contributed by atoms with E-state index in [0.717, 1.165) is 18.2 Å². The van der Waals surface area contributed by atoms with Crippen LogP contribution >= 0.6 is 11.5 Å². The Morgan fingerprint density at radius 3 is 2.96 bits per heavy atom. The first-order valence-corrected chi connectivity index (χ1v) is 8.22. The Bertz CT molecular complexity index is 684. The normalized spacial score (nSPS) is 18.5. The fourth-order valence-corrected chi connectivity index (χ4v) is 3.40. The van der Waals surface area contributed by atoms with Crippen molar-refractivity contribution in [3.63, 3.8) is 0 Å². The van der Waals surface area contributed by atoms with Crippen LogP contribution in [0.5, 0.6) is 0 Å². The Hall–Kier alpha value is -2.00. The number of rotatable bonds is 4. The molecule has 1 unspecified atom stereocenters. The number of aryl methyl sites for hydroxylation is 1. The van der Waals surface area contributed by atoms with Gasteiger partial charge in [-0.05, 0) is 6.92 Å². The van der Waals surface area contributed by atoms with Gasteiger partial charge in [-0.2, -0.15) is 9.47 Å². The molecule has 1 amide bonds. The van der Waals surface area contributed by atoms with Crippen molar-refractivity contribution < 1.29 is 9.53 Å². The molecule has 2 aromatic rings. The molecule has 1 fully saturated rings. The minimum atomic E-state index is 0.0302. The lowest BCUT2D eigenvalue weighted by Gasteiger charge is -2.39. The molecule has 23 heavy (non-hydrogen) atoms. The molecule has 0 aliphatic carbocycles. The van der Waals surface area contributed by atoms with Crippen LogP contribution in [-0.4, -0.2) is 62.7 Å². The summed E-state index contributed by atoms with van der Waals surface area (Å²) in [6, 6.07) is 0.103. The second-order valence-corrected chi connectivity index (χ2v) is 6.35. The third-order valence-electron chi connectivity index (χ3n) is 3.84. The maximum atomic E-state index is 12.6. The van der Waals surface area contributed by atoms with Crippen LogP contribution < -0.4 is 4.90 Å². The third kappa shape index (κ3) is 3.35. The second kappa shape index (κ2) is 6.63. The lowest BCUT2D eigenvalue weighted by molar-refractivity contribution is 0.0674. The van der Waals surface area contributed by atoms with Gasteiger partial charge in [0.25, 0.3) is 5.91 Å². The van der Waals surface area contributed by atoms with Gasteiger partial charge in [0.1, 0.15) is 6.61 Å². The largest absolute Gasteiger partial charge is 0.377 e. The molecule has 0 saturated carbocycles. The van der Waals surface area contributed by atoms with Crippen LogP contribution in [0.2, 0.25) is 0 Å². The number of amides is 1. The zero-order valence-corrected chi connectivity index (χ0v) is 14.3. The van der Waals surface area contributed by atoms with Crippen LogP contribution in [0.4, 0.5) is 5.13 Å². The molecule has 0 bridgehead atoms. The van der Waals surface area contributed by atoms with Crippen molar-refractivity contribution in [2.75, 3.05) is 31.6 Å². The lowest BCUT2D eigenvalue weighted by atomic mass is 10.1. The van der Waals surface area contributed by atoms with Gasteiger partial charge in [-0.25, -0.2) is 4.98 Å². The van der Waals surface area contributed by atoms with Crippen molar-refractivity contribution in [3.8, 4) is 0 Å². The predicted molar refractivity (Wildman–Crippen MR) is 86.5 cm³/mol. The van der Waals surface area contributed by atoms with Crippen LogP contribution in [0.3, 0.4) is 0 Å². The first-order chi connectivity index (χ1) is 11.1. The van der Waals surface area contributed by atoms with Gasteiger partial charge in [0.2, 0.25) is 5.13 Å². The molecule has 0 aromatic carbocycles. The molecular weight excluding hydrogens is 316 g/mol. The summed E-state index contributed by atoms with van der Waals surface area (Å²) in [7, 11) is 3.44. The van der Waals surface area contributed by atoms with Crippen molar-refractivity contribution in [1.29, 1.82) is 0 Å². The molecule has 0 radical (unpaired) electrons. The smallest absolute Gasteiger partial charge is 0.257 e. The molecule has 1 saturated heterocycles. The van der Waals surface area contributed by atoms with Crippen LogP contribution in [0, 0.1) is 0 Å². The SMILES string of the molecule is COCc1nsc(N2CCN(C(=O)c3cnn(C)c3)C(C)C2)n1. The van der Waals surface area contributed by atoms with Crippen molar-refractivity contribution in [1.82, 2.24) is 24.0 Å². The van der Waals surface area contributed by atoms with E-state index in [1.54, 1.807) is 24.2 Å². The number of aromatic nitrogens is 4. The van der Waals surface area contributed by atoms with Crippen LogP contribution in [0.1, 0.15) is 23.1 Å². The van der Waals surface area contributed by atoms with E-state index in [1.807, 2.05) is 11.9 Å². The molecule has 0 spiro atoms. The number of hydrogen-bond acceptors (Lipinski definition) is 7. The molecule has 0 N–H and O–H groups in total. The summed E-state index contributed by atoms with van der Waals surface area (Å²) < 4.78 is 11.0. The van der Waals surface area contributed by atoms with E-state index in [1.165, 1.54) is 11.5 Å². The van der Waals surface area contributed by atoms with Gasteiger partial charge in [-0.1, -0.05) is 0 Å². The molecule has 1 aliphatic heterocycles. The minimum absolute atomic E-state index is 0.0302. The quantitative estimate of drug-likeness (QED) is 0.821. The molecule has 8 nitrogen and oxygen atoms in total. The van der Waals surface area contributed by atoms with Gasteiger partial charge in [0.15, 0.2) is 5.82 Å².